The van der Waals surface area contributed by atoms with Crippen LogP contribution in [0.5, 0.6) is 0 Å². The zero-order valence-electron chi connectivity index (χ0n) is 11.1. The number of hydrogen-bond acceptors (Lipinski definition) is 3. The molecule has 0 aromatic heterocycles. The number of rotatable bonds is 5. The fourth-order valence-electron chi connectivity index (χ4n) is 2.44. The molecule has 0 spiro atoms. The van der Waals surface area contributed by atoms with E-state index >= 15 is 0 Å². The molecule has 4 heteroatoms. The van der Waals surface area contributed by atoms with Gasteiger partial charge in [0.05, 0.1) is 18.7 Å². The summed E-state index contributed by atoms with van der Waals surface area (Å²) in [5.74, 6) is 0.00896. The first-order valence-electron chi connectivity index (χ1n) is 6.98. The lowest BCUT2D eigenvalue weighted by Gasteiger charge is -2.25. The summed E-state index contributed by atoms with van der Waals surface area (Å²) < 4.78 is 0. The third kappa shape index (κ3) is 4.33. The van der Waals surface area contributed by atoms with E-state index in [1.54, 1.807) is 0 Å². The SMILES string of the molecule is O=C(N[C@@H](CO)Cc1ccccc1)[C@@H]1CCCCN1. The van der Waals surface area contributed by atoms with Crippen LogP contribution in [0.25, 0.3) is 0 Å². The Kier molecular flexibility index (Phi) is 5.36. The number of aliphatic hydroxyl groups excluding tert-OH is 1. The molecule has 2 atom stereocenters. The highest BCUT2D eigenvalue weighted by atomic mass is 16.3. The Balaban J connectivity index is 1.86. The van der Waals surface area contributed by atoms with E-state index in [0.29, 0.717) is 6.42 Å². The molecule has 0 radical (unpaired) electrons. The van der Waals surface area contributed by atoms with Crippen molar-refractivity contribution in [3.8, 4) is 0 Å². The molecule has 1 aliphatic rings. The van der Waals surface area contributed by atoms with Crippen molar-refractivity contribution in [2.75, 3.05) is 13.2 Å². The molecule has 3 N–H and O–H groups in total. The maximum absolute atomic E-state index is 12.1. The fourth-order valence-corrected chi connectivity index (χ4v) is 2.44. The summed E-state index contributed by atoms with van der Waals surface area (Å²) in [7, 11) is 0. The molecule has 1 saturated heterocycles. The predicted octanol–water partition coefficient (Wildman–Crippen LogP) is 0.848. The summed E-state index contributed by atoms with van der Waals surface area (Å²) in [5.41, 5.74) is 1.12. The molecule has 104 valence electrons. The summed E-state index contributed by atoms with van der Waals surface area (Å²) in [5, 5.41) is 15.6. The molecule has 0 saturated carbocycles. The van der Waals surface area contributed by atoms with Gasteiger partial charge < -0.3 is 15.7 Å². The number of hydrogen-bond donors (Lipinski definition) is 3. The summed E-state index contributed by atoms with van der Waals surface area (Å²) in [6.45, 7) is 0.869. The smallest absolute Gasteiger partial charge is 0.237 e. The van der Waals surface area contributed by atoms with Gasteiger partial charge in [-0.15, -0.1) is 0 Å². The van der Waals surface area contributed by atoms with Gasteiger partial charge in [-0.3, -0.25) is 4.79 Å². The largest absolute Gasteiger partial charge is 0.394 e. The Hall–Kier alpha value is -1.39. The second-order valence-electron chi connectivity index (χ2n) is 5.08. The highest BCUT2D eigenvalue weighted by Gasteiger charge is 2.22. The van der Waals surface area contributed by atoms with Crippen LogP contribution in [0, 0.1) is 0 Å². The van der Waals surface area contributed by atoms with Gasteiger partial charge in [0.15, 0.2) is 0 Å². The van der Waals surface area contributed by atoms with E-state index < -0.39 is 0 Å². The third-order valence-electron chi connectivity index (χ3n) is 3.52. The molecule has 0 bridgehead atoms. The number of piperidine rings is 1. The van der Waals surface area contributed by atoms with Crippen molar-refractivity contribution < 1.29 is 9.90 Å². The summed E-state index contributed by atoms with van der Waals surface area (Å²) >= 11 is 0. The molecule has 1 aromatic carbocycles. The minimum atomic E-state index is -0.210. The molecule has 1 aliphatic heterocycles. The topological polar surface area (TPSA) is 61.4 Å². The molecule has 2 rings (SSSR count). The summed E-state index contributed by atoms with van der Waals surface area (Å²) in [6, 6.07) is 9.60. The Morgan fingerprint density at radius 2 is 2.16 bits per heavy atom. The van der Waals surface area contributed by atoms with Crippen LogP contribution < -0.4 is 10.6 Å². The number of amides is 1. The maximum atomic E-state index is 12.1. The van der Waals surface area contributed by atoms with E-state index in [-0.39, 0.29) is 24.6 Å². The number of nitrogens with one attached hydrogen (secondary N) is 2. The molecule has 1 fully saturated rings. The monoisotopic (exact) mass is 262 g/mol. The van der Waals surface area contributed by atoms with Crippen molar-refractivity contribution in [1.29, 1.82) is 0 Å². The van der Waals surface area contributed by atoms with Crippen LogP contribution in [-0.2, 0) is 11.2 Å². The van der Waals surface area contributed by atoms with Crippen LogP contribution >= 0.6 is 0 Å². The predicted molar refractivity (Wildman–Crippen MR) is 74.8 cm³/mol. The van der Waals surface area contributed by atoms with E-state index in [9.17, 15) is 9.90 Å². The maximum Gasteiger partial charge on any atom is 0.237 e. The van der Waals surface area contributed by atoms with Crippen LogP contribution in [0.3, 0.4) is 0 Å². The van der Waals surface area contributed by atoms with E-state index in [1.165, 1.54) is 0 Å². The van der Waals surface area contributed by atoms with Gasteiger partial charge in [-0.2, -0.15) is 0 Å². The third-order valence-corrected chi connectivity index (χ3v) is 3.52. The van der Waals surface area contributed by atoms with Gasteiger partial charge in [-0.1, -0.05) is 36.8 Å². The van der Waals surface area contributed by atoms with Gasteiger partial charge in [-0.05, 0) is 31.4 Å². The first kappa shape index (κ1) is 14.0. The van der Waals surface area contributed by atoms with Gasteiger partial charge in [0, 0.05) is 0 Å². The standard InChI is InChI=1S/C15H22N2O2/c18-11-13(10-12-6-2-1-3-7-12)17-15(19)14-8-4-5-9-16-14/h1-3,6-7,13-14,16,18H,4-5,8-11H2,(H,17,19)/t13-,14+/m1/s1. The van der Waals surface area contributed by atoms with E-state index in [2.05, 4.69) is 10.6 Å². The highest BCUT2D eigenvalue weighted by molar-refractivity contribution is 5.82. The van der Waals surface area contributed by atoms with Gasteiger partial charge in [0.25, 0.3) is 0 Å². The lowest BCUT2D eigenvalue weighted by Crippen LogP contribution is -2.51. The quantitative estimate of drug-likeness (QED) is 0.737. The Morgan fingerprint density at radius 3 is 2.79 bits per heavy atom. The van der Waals surface area contributed by atoms with Gasteiger partial charge in [0.1, 0.15) is 0 Å². The number of benzene rings is 1. The lowest BCUT2D eigenvalue weighted by atomic mass is 10.0. The summed E-state index contributed by atoms with van der Waals surface area (Å²) in [4.78, 5) is 12.1. The summed E-state index contributed by atoms with van der Waals surface area (Å²) in [6.07, 6.45) is 3.77. The molecule has 1 heterocycles. The average molecular weight is 262 g/mol. The molecular formula is C15H22N2O2. The second kappa shape index (κ2) is 7.26. The Morgan fingerprint density at radius 1 is 1.37 bits per heavy atom. The first-order chi connectivity index (χ1) is 9.29. The lowest BCUT2D eigenvalue weighted by molar-refractivity contribution is -0.124. The second-order valence-corrected chi connectivity index (χ2v) is 5.08. The van der Waals surface area contributed by atoms with Crippen molar-refractivity contribution in [3.05, 3.63) is 35.9 Å². The molecule has 0 unspecified atom stereocenters. The molecule has 19 heavy (non-hydrogen) atoms. The van der Waals surface area contributed by atoms with E-state index in [1.807, 2.05) is 30.3 Å². The van der Waals surface area contributed by atoms with Gasteiger partial charge in [-0.25, -0.2) is 0 Å². The Bertz CT molecular complexity index is 388. The average Bonchev–Trinajstić information content (AvgIpc) is 2.48. The number of aliphatic hydroxyl groups is 1. The number of carbonyl (C=O) groups excluding carboxylic acids is 1. The van der Waals surface area contributed by atoms with Crippen LogP contribution in [0.15, 0.2) is 30.3 Å². The normalized spacial score (nSPS) is 20.8. The zero-order valence-corrected chi connectivity index (χ0v) is 11.1. The fraction of sp³-hybridized carbons (Fsp3) is 0.533. The van der Waals surface area contributed by atoms with Gasteiger partial charge >= 0.3 is 0 Å². The van der Waals surface area contributed by atoms with Crippen molar-refractivity contribution in [1.82, 2.24) is 10.6 Å². The van der Waals surface area contributed by atoms with Crippen molar-refractivity contribution in [2.45, 2.75) is 37.8 Å². The highest BCUT2D eigenvalue weighted by Crippen LogP contribution is 2.08. The molecule has 1 amide bonds. The zero-order chi connectivity index (χ0) is 13.5. The first-order valence-corrected chi connectivity index (χ1v) is 6.98. The Labute approximate surface area is 114 Å². The van der Waals surface area contributed by atoms with Crippen LogP contribution in [0.2, 0.25) is 0 Å². The van der Waals surface area contributed by atoms with Crippen LogP contribution in [0.4, 0.5) is 0 Å². The van der Waals surface area contributed by atoms with Crippen LogP contribution in [0.1, 0.15) is 24.8 Å². The molecule has 4 nitrogen and oxygen atoms in total. The van der Waals surface area contributed by atoms with Crippen molar-refractivity contribution in [3.63, 3.8) is 0 Å². The van der Waals surface area contributed by atoms with Crippen molar-refractivity contribution >= 4 is 5.91 Å². The minimum absolute atomic E-state index is 0.00896. The molecular weight excluding hydrogens is 240 g/mol. The minimum Gasteiger partial charge on any atom is -0.394 e. The van der Waals surface area contributed by atoms with E-state index in [4.69, 9.17) is 0 Å². The number of carbonyl (C=O) groups is 1. The van der Waals surface area contributed by atoms with Crippen molar-refractivity contribution in [2.24, 2.45) is 0 Å². The van der Waals surface area contributed by atoms with Crippen LogP contribution in [-0.4, -0.2) is 36.2 Å². The van der Waals surface area contributed by atoms with E-state index in [0.717, 1.165) is 31.4 Å². The van der Waals surface area contributed by atoms with Gasteiger partial charge in [0.2, 0.25) is 5.91 Å². The molecule has 0 aliphatic carbocycles. The molecule has 1 aromatic rings.